The first kappa shape index (κ1) is 14.7. The molecule has 2 aromatic rings. The average molecular weight is 292 g/mol. The molecule has 0 aliphatic rings. The summed E-state index contributed by atoms with van der Waals surface area (Å²) in [6.45, 7) is 1.76. The molecule has 0 amide bonds. The molecule has 0 aliphatic carbocycles. The Morgan fingerprint density at radius 2 is 1.60 bits per heavy atom. The second-order valence-corrected chi connectivity index (χ2v) is 4.79. The van der Waals surface area contributed by atoms with Gasteiger partial charge < -0.3 is 15.2 Å². The fourth-order valence-corrected chi connectivity index (χ4v) is 1.90. The van der Waals surface area contributed by atoms with Crippen molar-refractivity contribution < 1.29 is 9.47 Å². The number of rotatable bonds is 7. The van der Waals surface area contributed by atoms with Gasteiger partial charge in [-0.3, -0.25) is 0 Å². The normalized spacial score (nSPS) is 10.3. The summed E-state index contributed by atoms with van der Waals surface area (Å²) in [6, 6.07) is 15.2. The summed E-state index contributed by atoms with van der Waals surface area (Å²) >= 11 is 5.88. The standard InChI is InChI=1S/C16H18ClNO2/c17-14-3-1-4-16(11-14)20-10-2-9-19-15-7-5-13(12-18)6-8-15/h1,3-8,11H,2,9-10,12,18H2. The molecule has 0 aliphatic heterocycles. The molecular weight excluding hydrogens is 274 g/mol. The highest BCUT2D eigenvalue weighted by Crippen LogP contribution is 2.17. The number of hydrogen-bond donors (Lipinski definition) is 1. The number of nitrogens with two attached hydrogens (primary N) is 1. The van der Waals surface area contributed by atoms with E-state index in [9.17, 15) is 0 Å². The van der Waals surface area contributed by atoms with E-state index in [-0.39, 0.29) is 0 Å². The highest BCUT2D eigenvalue weighted by Gasteiger charge is 1.97. The van der Waals surface area contributed by atoms with Gasteiger partial charge in [-0.2, -0.15) is 0 Å². The monoisotopic (exact) mass is 291 g/mol. The van der Waals surface area contributed by atoms with Crippen molar-refractivity contribution in [3.63, 3.8) is 0 Å². The lowest BCUT2D eigenvalue weighted by atomic mass is 10.2. The van der Waals surface area contributed by atoms with Gasteiger partial charge in [-0.1, -0.05) is 29.8 Å². The maximum absolute atomic E-state index is 5.88. The van der Waals surface area contributed by atoms with Crippen molar-refractivity contribution in [3.05, 3.63) is 59.1 Å². The third-order valence-electron chi connectivity index (χ3n) is 2.78. The Hall–Kier alpha value is -1.71. The third-order valence-corrected chi connectivity index (χ3v) is 3.02. The number of benzene rings is 2. The van der Waals surface area contributed by atoms with Crippen molar-refractivity contribution >= 4 is 11.6 Å². The number of ether oxygens (including phenoxy) is 2. The zero-order valence-electron chi connectivity index (χ0n) is 11.2. The quantitative estimate of drug-likeness (QED) is 0.792. The van der Waals surface area contributed by atoms with Crippen LogP contribution in [0.25, 0.3) is 0 Å². The van der Waals surface area contributed by atoms with E-state index in [2.05, 4.69) is 0 Å². The van der Waals surface area contributed by atoms with Gasteiger partial charge in [0, 0.05) is 18.0 Å². The van der Waals surface area contributed by atoms with Gasteiger partial charge in [0.15, 0.2) is 0 Å². The molecule has 0 unspecified atom stereocenters. The molecule has 0 saturated carbocycles. The van der Waals surface area contributed by atoms with Crippen molar-refractivity contribution in [2.45, 2.75) is 13.0 Å². The van der Waals surface area contributed by atoms with Gasteiger partial charge in [0.25, 0.3) is 0 Å². The first-order valence-electron chi connectivity index (χ1n) is 6.58. The highest BCUT2D eigenvalue weighted by molar-refractivity contribution is 6.30. The first-order valence-corrected chi connectivity index (χ1v) is 6.96. The molecule has 3 nitrogen and oxygen atoms in total. The lowest BCUT2D eigenvalue weighted by Gasteiger charge is -2.08. The molecule has 20 heavy (non-hydrogen) atoms. The van der Waals surface area contributed by atoms with Crippen LogP contribution in [0.1, 0.15) is 12.0 Å². The first-order chi connectivity index (χ1) is 9.78. The summed E-state index contributed by atoms with van der Waals surface area (Å²) in [5.74, 6) is 1.63. The lowest BCUT2D eigenvalue weighted by Crippen LogP contribution is -2.05. The van der Waals surface area contributed by atoms with Crippen LogP contribution in [-0.2, 0) is 6.54 Å². The molecule has 0 saturated heterocycles. The third kappa shape index (κ3) is 4.76. The van der Waals surface area contributed by atoms with Gasteiger partial charge >= 0.3 is 0 Å². The largest absolute Gasteiger partial charge is 0.493 e. The second-order valence-electron chi connectivity index (χ2n) is 4.36. The van der Waals surface area contributed by atoms with Crippen molar-refractivity contribution in [1.82, 2.24) is 0 Å². The molecule has 0 atom stereocenters. The minimum atomic E-state index is 0.549. The van der Waals surface area contributed by atoms with Crippen LogP contribution < -0.4 is 15.2 Å². The van der Waals surface area contributed by atoms with Crippen molar-refractivity contribution in [2.24, 2.45) is 5.73 Å². The molecule has 0 spiro atoms. The molecular formula is C16H18ClNO2. The van der Waals surface area contributed by atoms with E-state index in [0.29, 0.717) is 24.8 Å². The van der Waals surface area contributed by atoms with Gasteiger partial charge in [0.05, 0.1) is 13.2 Å². The fraction of sp³-hybridized carbons (Fsp3) is 0.250. The Kier molecular flexibility index (Phi) is 5.71. The van der Waals surface area contributed by atoms with Crippen LogP contribution in [0.5, 0.6) is 11.5 Å². The van der Waals surface area contributed by atoms with E-state index >= 15 is 0 Å². The van der Waals surface area contributed by atoms with Crippen LogP contribution in [-0.4, -0.2) is 13.2 Å². The zero-order chi connectivity index (χ0) is 14.2. The molecule has 4 heteroatoms. The highest BCUT2D eigenvalue weighted by atomic mass is 35.5. The SMILES string of the molecule is NCc1ccc(OCCCOc2cccc(Cl)c2)cc1. The molecule has 0 heterocycles. The summed E-state index contributed by atoms with van der Waals surface area (Å²) < 4.78 is 11.2. The molecule has 0 radical (unpaired) electrons. The Bertz CT molecular complexity index is 528. The minimum Gasteiger partial charge on any atom is -0.493 e. The summed E-state index contributed by atoms with van der Waals surface area (Å²) in [5, 5.41) is 0.679. The molecule has 0 aromatic heterocycles. The molecule has 106 valence electrons. The van der Waals surface area contributed by atoms with Gasteiger partial charge in [0.2, 0.25) is 0 Å². The topological polar surface area (TPSA) is 44.5 Å². The Labute approximate surface area is 124 Å². The van der Waals surface area contributed by atoms with E-state index in [4.69, 9.17) is 26.8 Å². The predicted molar refractivity (Wildman–Crippen MR) is 81.4 cm³/mol. The summed E-state index contributed by atoms with van der Waals surface area (Å²) in [7, 11) is 0. The molecule has 2 rings (SSSR count). The van der Waals surface area contributed by atoms with E-state index in [1.807, 2.05) is 42.5 Å². The molecule has 2 N–H and O–H groups in total. The summed E-state index contributed by atoms with van der Waals surface area (Å²) in [4.78, 5) is 0. The Morgan fingerprint density at radius 3 is 2.25 bits per heavy atom. The Balaban J connectivity index is 1.66. The summed E-state index contributed by atoms with van der Waals surface area (Å²) in [6.07, 6.45) is 0.811. The van der Waals surface area contributed by atoms with Gasteiger partial charge in [-0.05, 0) is 35.9 Å². The maximum atomic E-state index is 5.88. The van der Waals surface area contributed by atoms with Crippen LogP contribution in [0.15, 0.2) is 48.5 Å². The van der Waals surface area contributed by atoms with Gasteiger partial charge in [-0.15, -0.1) is 0 Å². The zero-order valence-corrected chi connectivity index (χ0v) is 12.0. The van der Waals surface area contributed by atoms with Crippen LogP contribution in [0.2, 0.25) is 5.02 Å². The van der Waals surface area contributed by atoms with Crippen molar-refractivity contribution in [3.8, 4) is 11.5 Å². The maximum Gasteiger partial charge on any atom is 0.120 e. The fourth-order valence-electron chi connectivity index (χ4n) is 1.72. The van der Waals surface area contributed by atoms with Crippen LogP contribution in [0.3, 0.4) is 0 Å². The van der Waals surface area contributed by atoms with Crippen LogP contribution in [0.4, 0.5) is 0 Å². The van der Waals surface area contributed by atoms with E-state index in [1.165, 1.54) is 0 Å². The number of hydrogen-bond acceptors (Lipinski definition) is 3. The van der Waals surface area contributed by atoms with Crippen LogP contribution in [0, 0.1) is 0 Å². The average Bonchev–Trinajstić information content (AvgIpc) is 2.48. The van der Waals surface area contributed by atoms with Crippen molar-refractivity contribution in [1.29, 1.82) is 0 Å². The number of halogens is 1. The summed E-state index contributed by atoms with van der Waals surface area (Å²) in [5.41, 5.74) is 6.64. The van der Waals surface area contributed by atoms with E-state index in [1.54, 1.807) is 6.07 Å². The molecule has 0 bridgehead atoms. The van der Waals surface area contributed by atoms with E-state index < -0.39 is 0 Å². The van der Waals surface area contributed by atoms with E-state index in [0.717, 1.165) is 23.5 Å². The predicted octanol–water partition coefficient (Wildman–Crippen LogP) is 3.65. The molecule has 2 aromatic carbocycles. The lowest BCUT2D eigenvalue weighted by molar-refractivity contribution is 0.247. The molecule has 0 fully saturated rings. The van der Waals surface area contributed by atoms with Crippen molar-refractivity contribution in [2.75, 3.05) is 13.2 Å². The van der Waals surface area contributed by atoms with Crippen LogP contribution >= 0.6 is 11.6 Å². The Morgan fingerprint density at radius 1 is 0.900 bits per heavy atom. The van der Waals surface area contributed by atoms with Gasteiger partial charge in [-0.25, -0.2) is 0 Å². The smallest absolute Gasteiger partial charge is 0.120 e. The minimum absolute atomic E-state index is 0.549. The van der Waals surface area contributed by atoms with Gasteiger partial charge in [0.1, 0.15) is 11.5 Å². The second kappa shape index (κ2) is 7.78.